The molecule has 0 aliphatic carbocycles. The summed E-state index contributed by atoms with van der Waals surface area (Å²) in [7, 11) is 0. The summed E-state index contributed by atoms with van der Waals surface area (Å²) < 4.78 is 13.3. The summed E-state index contributed by atoms with van der Waals surface area (Å²) in [5.41, 5.74) is 4.22. The highest BCUT2D eigenvalue weighted by Gasteiger charge is 2.13. The monoisotopic (exact) mass is 206 g/mol. The van der Waals surface area contributed by atoms with Gasteiger partial charge in [-0.25, -0.2) is 4.39 Å². The Kier molecular flexibility index (Phi) is 3.67. The van der Waals surface area contributed by atoms with Gasteiger partial charge in [0, 0.05) is 0 Å². The highest BCUT2D eigenvalue weighted by Crippen LogP contribution is 2.30. The molecular weight excluding hydrogens is 187 g/mol. The molecule has 0 nitrogen and oxygen atoms in total. The predicted octanol–water partition coefficient (Wildman–Crippen LogP) is 4.68. The van der Waals surface area contributed by atoms with Crippen molar-refractivity contribution < 1.29 is 4.39 Å². The zero-order valence-corrected chi connectivity index (χ0v) is 10.0. The van der Waals surface area contributed by atoms with E-state index < -0.39 is 0 Å². The minimum atomic E-state index is -0.146. The second kappa shape index (κ2) is 4.61. The van der Waals surface area contributed by atoms with Crippen LogP contribution in [0.1, 0.15) is 49.8 Å². The molecule has 15 heavy (non-hydrogen) atoms. The average Bonchev–Trinajstić information content (AvgIpc) is 2.14. The second-order valence-electron chi connectivity index (χ2n) is 4.28. The summed E-state index contributed by atoms with van der Waals surface area (Å²) in [5, 5.41) is 0. The maximum absolute atomic E-state index is 13.3. The fourth-order valence-electron chi connectivity index (χ4n) is 1.96. The molecule has 0 aromatic heterocycles. The van der Waals surface area contributed by atoms with Crippen molar-refractivity contribution in [2.45, 2.75) is 40.0 Å². The van der Waals surface area contributed by atoms with Crippen LogP contribution in [0.3, 0.4) is 0 Å². The Hall–Kier alpha value is -1.11. The molecule has 1 aromatic carbocycles. The fourth-order valence-corrected chi connectivity index (χ4v) is 1.96. The van der Waals surface area contributed by atoms with E-state index in [1.165, 1.54) is 0 Å². The van der Waals surface area contributed by atoms with E-state index in [0.717, 1.165) is 28.7 Å². The minimum Gasteiger partial charge on any atom is -0.207 e. The van der Waals surface area contributed by atoms with Gasteiger partial charge in [0.2, 0.25) is 0 Å². The molecule has 0 aliphatic heterocycles. The normalized spacial score (nSPS) is 12.6. The summed E-state index contributed by atoms with van der Waals surface area (Å²) in [5.74, 6) is 0.235. The van der Waals surface area contributed by atoms with Crippen LogP contribution in [0.15, 0.2) is 18.7 Å². The Morgan fingerprint density at radius 1 is 1.47 bits per heavy atom. The summed E-state index contributed by atoms with van der Waals surface area (Å²) in [4.78, 5) is 0. The number of hydrogen-bond acceptors (Lipinski definition) is 0. The quantitative estimate of drug-likeness (QED) is 0.673. The van der Waals surface area contributed by atoms with Crippen molar-refractivity contribution in [2.24, 2.45) is 0 Å². The van der Waals surface area contributed by atoms with Gasteiger partial charge in [0.1, 0.15) is 5.82 Å². The Morgan fingerprint density at radius 2 is 2.07 bits per heavy atom. The van der Waals surface area contributed by atoms with Crippen molar-refractivity contribution in [1.29, 1.82) is 0 Å². The summed E-state index contributed by atoms with van der Waals surface area (Å²) in [6.07, 6.45) is 1.02. The van der Waals surface area contributed by atoms with E-state index in [9.17, 15) is 4.39 Å². The Morgan fingerprint density at radius 3 is 2.53 bits per heavy atom. The van der Waals surface area contributed by atoms with Crippen LogP contribution in [0.2, 0.25) is 0 Å². The molecule has 0 heterocycles. The van der Waals surface area contributed by atoms with Gasteiger partial charge in [0.15, 0.2) is 0 Å². The number of hydrogen-bond donors (Lipinski definition) is 0. The van der Waals surface area contributed by atoms with E-state index in [2.05, 4.69) is 20.4 Å². The molecular formula is C14H19F. The van der Waals surface area contributed by atoms with Gasteiger partial charge in [0.05, 0.1) is 0 Å². The fraction of sp³-hybridized carbons (Fsp3) is 0.429. The molecule has 0 fully saturated rings. The van der Waals surface area contributed by atoms with Crippen molar-refractivity contribution in [2.75, 3.05) is 0 Å². The van der Waals surface area contributed by atoms with Gasteiger partial charge in [-0.05, 0) is 55.0 Å². The molecule has 82 valence electrons. The molecule has 0 saturated carbocycles. The van der Waals surface area contributed by atoms with E-state index >= 15 is 0 Å². The third-order valence-electron chi connectivity index (χ3n) is 2.90. The molecule has 1 unspecified atom stereocenters. The van der Waals surface area contributed by atoms with Crippen LogP contribution in [-0.4, -0.2) is 0 Å². The van der Waals surface area contributed by atoms with Gasteiger partial charge in [-0.3, -0.25) is 0 Å². The van der Waals surface area contributed by atoms with Gasteiger partial charge in [-0.2, -0.15) is 0 Å². The highest BCUT2D eigenvalue weighted by atomic mass is 19.1. The van der Waals surface area contributed by atoms with E-state index in [-0.39, 0.29) is 5.82 Å². The van der Waals surface area contributed by atoms with Gasteiger partial charge >= 0.3 is 0 Å². The van der Waals surface area contributed by atoms with Crippen molar-refractivity contribution in [3.8, 4) is 0 Å². The van der Waals surface area contributed by atoms with Crippen LogP contribution in [0.4, 0.5) is 4.39 Å². The van der Waals surface area contributed by atoms with E-state index in [1.807, 2.05) is 13.8 Å². The van der Waals surface area contributed by atoms with Crippen molar-refractivity contribution in [3.05, 3.63) is 41.2 Å². The lowest BCUT2D eigenvalue weighted by molar-refractivity contribution is 0.617. The molecule has 0 bridgehead atoms. The number of allylic oxidation sites excluding steroid dienone is 1. The first-order valence-corrected chi connectivity index (χ1v) is 5.43. The third-order valence-corrected chi connectivity index (χ3v) is 2.90. The second-order valence-corrected chi connectivity index (χ2v) is 4.28. The maximum Gasteiger partial charge on any atom is 0.123 e. The Labute approximate surface area is 91.8 Å². The number of benzene rings is 1. The van der Waals surface area contributed by atoms with E-state index in [0.29, 0.717) is 5.92 Å². The van der Waals surface area contributed by atoms with Gasteiger partial charge in [0.25, 0.3) is 0 Å². The van der Waals surface area contributed by atoms with Crippen molar-refractivity contribution >= 4 is 5.57 Å². The molecule has 0 amide bonds. The molecule has 1 aromatic rings. The first-order valence-electron chi connectivity index (χ1n) is 5.43. The van der Waals surface area contributed by atoms with Gasteiger partial charge < -0.3 is 0 Å². The van der Waals surface area contributed by atoms with E-state index in [1.54, 1.807) is 12.1 Å². The van der Waals surface area contributed by atoms with Crippen LogP contribution in [0.5, 0.6) is 0 Å². The SMILES string of the molecule is C=C(C)c1c(C)cc(F)cc1C(C)CC. The standard InChI is InChI=1S/C14H19F/c1-6-10(4)13-8-12(15)7-11(5)14(13)9(2)3/h7-8,10H,2,6H2,1,3-5H3. The zero-order chi connectivity index (χ0) is 11.6. The highest BCUT2D eigenvalue weighted by molar-refractivity contribution is 5.68. The predicted molar refractivity (Wildman–Crippen MR) is 64.6 cm³/mol. The van der Waals surface area contributed by atoms with Gasteiger partial charge in [-0.15, -0.1) is 0 Å². The molecule has 0 saturated heterocycles. The van der Waals surface area contributed by atoms with Crippen LogP contribution < -0.4 is 0 Å². The zero-order valence-electron chi connectivity index (χ0n) is 10.0. The van der Waals surface area contributed by atoms with Crippen molar-refractivity contribution in [3.63, 3.8) is 0 Å². The molecule has 1 heteroatoms. The van der Waals surface area contributed by atoms with Crippen molar-refractivity contribution in [1.82, 2.24) is 0 Å². The molecule has 1 rings (SSSR count). The minimum absolute atomic E-state index is 0.146. The number of aryl methyl sites for hydroxylation is 1. The van der Waals surface area contributed by atoms with Gasteiger partial charge in [-0.1, -0.05) is 26.0 Å². The molecule has 0 radical (unpaired) electrons. The lowest BCUT2D eigenvalue weighted by Gasteiger charge is -2.17. The Bertz CT molecular complexity index is 377. The first-order chi connectivity index (χ1) is 6.97. The third kappa shape index (κ3) is 2.47. The summed E-state index contributed by atoms with van der Waals surface area (Å²) in [6.45, 7) is 12.1. The molecule has 0 aliphatic rings. The molecule has 0 N–H and O–H groups in total. The number of halogens is 1. The number of rotatable bonds is 3. The van der Waals surface area contributed by atoms with Crippen LogP contribution in [0.25, 0.3) is 5.57 Å². The van der Waals surface area contributed by atoms with E-state index in [4.69, 9.17) is 0 Å². The lowest BCUT2D eigenvalue weighted by atomic mass is 9.88. The topological polar surface area (TPSA) is 0 Å². The molecule has 1 atom stereocenters. The maximum atomic E-state index is 13.3. The van der Waals surface area contributed by atoms with Crippen LogP contribution >= 0.6 is 0 Å². The van der Waals surface area contributed by atoms with Crippen LogP contribution in [0, 0.1) is 12.7 Å². The molecule has 0 spiro atoms. The smallest absolute Gasteiger partial charge is 0.123 e. The van der Waals surface area contributed by atoms with Crippen LogP contribution in [-0.2, 0) is 0 Å². The summed E-state index contributed by atoms with van der Waals surface area (Å²) in [6, 6.07) is 3.22. The Balaban J connectivity index is 3.39. The first kappa shape index (κ1) is 12.0. The largest absolute Gasteiger partial charge is 0.207 e. The average molecular weight is 206 g/mol. The lowest BCUT2D eigenvalue weighted by Crippen LogP contribution is -2.00. The summed E-state index contributed by atoms with van der Waals surface area (Å²) >= 11 is 0.